The molecule has 1 aliphatic heterocycles. The van der Waals surface area contributed by atoms with Gasteiger partial charge < -0.3 is 10.1 Å². The number of aryl methyl sites for hydroxylation is 1. The lowest BCUT2D eigenvalue weighted by atomic mass is 10.1. The fourth-order valence-corrected chi connectivity index (χ4v) is 2.51. The highest BCUT2D eigenvalue weighted by atomic mass is 19.1. The molecule has 1 aromatic heterocycles. The average molecular weight is 290 g/mol. The van der Waals surface area contributed by atoms with Gasteiger partial charge in [-0.1, -0.05) is 17.3 Å². The van der Waals surface area contributed by atoms with Crippen LogP contribution >= 0.6 is 0 Å². The number of aromatic nitrogens is 3. The number of benzene rings is 1. The summed E-state index contributed by atoms with van der Waals surface area (Å²) in [6, 6.07) is 6.56. The number of ether oxygens (including phenoxy) is 1. The van der Waals surface area contributed by atoms with Crippen LogP contribution in [0, 0.1) is 18.7 Å². The molecule has 1 aromatic carbocycles. The summed E-state index contributed by atoms with van der Waals surface area (Å²) in [6.07, 6.45) is 0. The number of halogens is 1. The SMILES string of the molecule is Cc1nnn2c1COCC(CNCc1ccc(F)cc1)C2. The molecule has 1 unspecified atom stereocenters. The Kier molecular flexibility index (Phi) is 4.26. The zero-order valence-corrected chi connectivity index (χ0v) is 12.1. The predicted octanol–water partition coefficient (Wildman–Crippen LogP) is 1.66. The van der Waals surface area contributed by atoms with E-state index in [1.54, 1.807) is 12.1 Å². The summed E-state index contributed by atoms with van der Waals surface area (Å²) < 4.78 is 20.5. The number of hydrogen-bond acceptors (Lipinski definition) is 4. The van der Waals surface area contributed by atoms with E-state index < -0.39 is 0 Å². The molecule has 0 saturated heterocycles. The topological polar surface area (TPSA) is 52.0 Å². The molecule has 0 aliphatic carbocycles. The van der Waals surface area contributed by atoms with Crippen LogP contribution < -0.4 is 5.32 Å². The average Bonchev–Trinajstić information content (AvgIpc) is 2.71. The molecule has 5 nitrogen and oxygen atoms in total. The lowest BCUT2D eigenvalue weighted by Gasteiger charge is -2.14. The largest absolute Gasteiger partial charge is 0.375 e. The van der Waals surface area contributed by atoms with Crippen LogP contribution in [0.25, 0.3) is 0 Å². The van der Waals surface area contributed by atoms with Crippen molar-refractivity contribution in [1.29, 1.82) is 0 Å². The van der Waals surface area contributed by atoms with E-state index in [4.69, 9.17) is 4.74 Å². The molecule has 0 bridgehead atoms. The van der Waals surface area contributed by atoms with Gasteiger partial charge in [0.2, 0.25) is 0 Å². The second kappa shape index (κ2) is 6.32. The zero-order valence-electron chi connectivity index (χ0n) is 12.1. The minimum absolute atomic E-state index is 0.204. The normalized spacial score (nSPS) is 18.3. The molecule has 0 radical (unpaired) electrons. The highest BCUT2D eigenvalue weighted by Crippen LogP contribution is 2.14. The van der Waals surface area contributed by atoms with Gasteiger partial charge in [-0.3, -0.25) is 0 Å². The Morgan fingerprint density at radius 3 is 3.00 bits per heavy atom. The maximum atomic E-state index is 12.8. The lowest BCUT2D eigenvalue weighted by Crippen LogP contribution is -2.28. The molecule has 3 rings (SSSR count). The Morgan fingerprint density at radius 2 is 2.19 bits per heavy atom. The van der Waals surface area contributed by atoms with Crippen molar-refractivity contribution in [2.24, 2.45) is 5.92 Å². The van der Waals surface area contributed by atoms with Crippen molar-refractivity contribution in [2.75, 3.05) is 13.2 Å². The van der Waals surface area contributed by atoms with E-state index in [1.807, 2.05) is 11.6 Å². The first-order chi connectivity index (χ1) is 10.2. The highest BCUT2D eigenvalue weighted by Gasteiger charge is 2.19. The first-order valence-corrected chi connectivity index (χ1v) is 7.14. The number of nitrogens with zero attached hydrogens (tertiary/aromatic N) is 3. The molecule has 112 valence electrons. The molecular weight excluding hydrogens is 271 g/mol. The summed E-state index contributed by atoms with van der Waals surface area (Å²) in [7, 11) is 0. The fraction of sp³-hybridized carbons (Fsp3) is 0.467. The molecule has 1 aliphatic rings. The molecular formula is C15H19FN4O. The third kappa shape index (κ3) is 3.46. The van der Waals surface area contributed by atoms with Crippen molar-refractivity contribution >= 4 is 0 Å². The number of nitrogens with one attached hydrogen (secondary N) is 1. The second-order valence-corrected chi connectivity index (χ2v) is 5.44. The lowest BCUT2D eigenvalue weighted by molar-refractivity contribution is 0.0936. The van der Waals surface area contributed by atoms with E-state index in [1.165, 1.54) is 12.1 Å². The molecule has 1 N–H and O–H groups in total. The molecule has 0 spiro atoms. The van der Waals surface area contributed by atoms with Crippen LogP contribution in [0.1, 0.15) is 17.0 Å². The Balaban J connectivity index is 1.52. The van der Waals surface area contributed by atoms with Crippen LogP contribution in [0.5, 0.6) is 0 Å². The molecule has 1 atom stereocenters. The van der Waals surface area contributed by atoms with Crippen LogP contribution in [-0.2, 0) is 24.4 Å². The number of fused-ring (bicyclic) bond motifs is 1. The maximum Gasteiger partial charge on any atom is 0.123 e. The van der Waals surface area contributed by atoms with Gasteiger partial charge in [0.1, 0.15) is 5.82 Å². The quantitative estimate of drug-likeness (QED) is 0.930. The van der Waals surface area contributed by atoms with Crippen molar-refractivity contribution in [3.8, 4) is 0 Å². The van der Waals surface area contributed by atoms with Crippen molar-refractivity contribution in [1.82, 2.24) is 20.3 Å². The van der Waals surface area contributed by atoms with Gasteiger partial charge in [-0.05, 0) is 24.6 Å². The third-order valence-corrected chi connectivity index (χ3v) is 3.73. The van der Waals surface area contributed by atoms with Crippen molar-refractivity contribution < 1.29 is 9.13 Å². The van der Waals surface area contributed by atoms with Gasteiger partial charge in [0.15, 0.2) is 0 Å². The van der Waals surface area contributed by atoms with Gasteiger partial charge >= 0.3 is 0 Å². The monoisotopic (exact) mass is 290 g/mol. The molecule has 2 aromatic rings. The molecule has 0 saturated carbocycles. The minimum Gasteiger partial charge on any atom is -0.375 e. The predicted molar refractivity (Wildman–Crippen MR) is 76.0 cm³/mol. The number of rotatable bonds is 4. The van der Waals surface area contributed by atoms with E-state index in [0.29, 0.717) is 19.1 Å². The number of hydrogen-bond donors (Lipinski definition) is 1. The first kappa shape index (κ1) is 14.2. The van der Waals surface area contributed by atoms with E-state index in [0.717, 1.165) is 36.6 Å². The Bertz CT molecular complexity index is 596. The van der Waals surface area contributed by atoms with Gasteiger partial charge in [-0.2, -0.15) is 0 Å². The van der Waals surface area contributed by atoms with Gasteiger partial charge in [-0.25, -0.2) is 9.07 Å². The summed E-state index contributed by atoms with van der Waals surface area (Å²) >= 11 is 0. The zero-order chi connectivity index (χ0) is 14.7. The van der Waals surface area contributed by atoms with E-state index >= 15 is 0 Å². The molecule has 0 amide bonds. The van der Waals surface area contributed by atoms with Crippen molar-refractivity contribution in [3.63, 3.8) is 0 Å². The Morgan fingerprint density at radius 1 is 1.38 bits per heavy atom. The van der Waals surface area contributed by atoms with Crippen LogP contribution in [0.4, 0.5) is 4.39 Å². The summed E-state index contributed by atoms with van der Waals surface area (Å²) in [5.41, 5.74) is 3.08. The Labute approximate surface area is 123 Å². The van der Waals surface area contributed by atoms with Crippen LogP contribution in [-0.4, -0.2) is 28.1 Å². The molecule has 0 fully saturated rings. The Hall–Kier alpha value is -1.79. The van der Waals surface area contributed by atoms with Gasteiger partial charge in [0.25, 0.3) is 0 Å². The minimum atomic E-state index is -0.204. The van der Waals surface area contributed by atoms with Gasteiger partial charge in [-0.15, -0.1) is 5.10 Å². The third-order valence-electron chi connectivity index (χ3n) is 3.73. The smallest absolute Gasteiger partial charge is 0.123 e. The summed E-state index contributed by atoms with van der Waals surface area (Å²) in [6.45, 7) is 5.60. The molecule has 6 heteroatoms. The highest BCUT2D eigenvalue weighted by molar-refractivity contribution is 5.15. The summed E-state index contributed by atoms with van der Waals surface area (Å²) in [5.74, 6) is 0.151. The van der Waals surface area contributed by atoms with Gasteiger partial charge in [0, 0.05) is 25.6 Å². The van der Waals surface area contributed by atoms with Crippen molar-refractivity contribution in [3.05, 3.63) is 47.0 Å². The van der Waals surface area contributed by atoms with Crippen LogP contribution in [0.3, 0.4) is 0 Å². The van der Waals surface area contributed by atoms with Crippen LogP contribution in [0.15, 0.2) is 24.3 Å². The van der Waals surface area contributed by atoms with Crippen LogP contribution in [0.2, 0.25) is 0 Å². The molecule has 21 heavy (non-hydrogen) atoms. The molecule has 2 heterocycles. The maximum absolute atomic E-state index is 12.8. The van der Waals surface area contributed by atoms with Crippen molar-refractivity contribution in [2.45, 2.75) is 26.6 Å². The standard InChI is InChI=1S/C15H19FN4O/c1-11-15-10-21-9-13(8-20(15)19-18-11)7-17-6-12-2-4-14(16)5-3-12/h2-5,13,17H,6-10H2,1H3. The summed E-state index contributed by atoms with van der Waals surface area (Å²) in [4.78, 5) is 0. The van der Waals surface area contributed by atoms with E-state index in [-0.39, 0.29) is 5.82 Å². The van der Waals surface area contributed by atoms with Gasteiger partial charge in [0.05, 0.1) is 24.6 Å². The first-order valence-electron chi connectivity index (χ1n) is 7.14. The van der Waals surface area contributed by atoms with E-state index in [2.05, 4.69) is 15.6 Å². The second-order valence-electron chi connectivity index (χ2n) is 5.44. The fourth-order valence-electron chi connectivity index (χ4n) is 2.51. The summed E-state index contributed by atoms with van der Waals surface area (Å²) in [5, 5.41) is 11.6. The van der Waals surface area contributed by atoms with E-state index in [9.17, 15) is 4.39 Å².